The molecule has 2 nitrogen and oxygen atoms in total. The molecule has 0 radical (unpaired) electrons. The minimum absolute atomic E-state index is 0.213. The first-order valence-corrected chi connectivity index (χ1v) is 14.5. The van der Waals surface area contributed by atoms with Gasteiger partial charge < -0.3 is 5.11 Å². The average molecular weight is 458 g/mol. The molecule has 0 aliphatic carbocycles. The third-order valence-electron chi connectivity index (χ3n) is 4.11. The van der Waals surface area contributed by atoms with Crippen molar-refractivity contribution >= 4 is 23.2 Å². The summed E-state index contributed by atoms with van der Waals surface area (Å²) in [6.45, 7) is 10.3. The van der Waals surface area contributed by atoms with Gasteiger partial charge in [0.2, 0.25) is 0 Å². The van der Waals surface area contributed by atoms with E-state index in [0.29, 0.717) is 5.75 Å². The molecular weight excluding hydrogens is 432 g/mol. The fourth-order valence-corrected chi connectivity index (χ4v) is 2.61. The summed E-state index contributed by atoms with van der Waals surface area (Å²) in [6, 6.07) is 14.6. The zero-order chi connectivity index (χ0) is 19.0. The Hall–Kier alpha value is -0.627. The number of rotatable bonds is 4. The first-order valence-electron chi connectivity index (χ1n) is 8.13. The minimum atomic E-state index is -0.826. The third kappa shape index (κ3) is 6.24. The summed E-state index contributed by atoms with van der Waals surface area (Å²) in [5.41, 5.74) is 3.69. The molecule has 0 saturated heterocycles. The Morgan fingerprint density at radius 3 is 2.16 bits per heavy atom. The topological polar surface area (TPSA) is 32.6 Å². The van der Waals surface area contributed by atoms with E-state index in [4.69, 9.17) is 17.0 Å². The van der Waals surface area contributed by atoms with E-state index in [-0.39, 0.29) is 11.5 Å². The zero-order valence-electron chi connectivity index (χ0n) is 15.3. The van der Waals surface area contributed by atoms with Gasteiger partial charge in [0.25, 0.3) is 0 Å². The Balaban J connectivity index is 0.000000970. The van der Waals surface area contributed by atoms with E-state index >= 15 is 0 Å². The van der Waals surface area contributed by atoms with Crippen LogP contribution in [0.2, 0.25) is 0 Å². The van der Waals surface area contributed by atoms with Crippen LogP contribution in [0.1, 0.15) is 49.9 Å². The Kier molecular flexibility index (Phi) is 9.42. The van der Waals surface area contributed by atoms with Crippen molar-refractivity contribution in [3.05, 3.63) is 64.7 Å². The molecule has 2 aromatic rings. The van der Waals surface area contributed by atoms with Crippen molar-refractivity contribution in [2.45, 2.75) is 46.1 Å². The van der Waals surface area contributed by atoms with Crippen molar-refractivity contribution in [3.8, 4) is 5.75 Å². The number of aliphatic imine (C=N–C) groups is 1. The van der Waals surface area contributed by atoms with Gasteiger partial charge in [0, 0.05) is 28.8 Å². The van der Waals surface area contributed by atoms with E-state index in [2.05, 4.69) is 37.0 Å². The maximum absolute atomic E-state index is 10.8. The van der Waals surface area contributed by atoms with Gasteiger partial charge in [-0.3, -0.25) is 4.99 Å². The van der Waals surface area contributed by atoms with Gasteiger partial charge >= 0.3 is 37.9 Å². The van der Waals surface area contributed by atoms with Crippen molar-refractivity contribution in [1.82, 2.24) is 0 Å². The van der Waals surface area contributed by atoms with Crippen molar-refractivity contribution < 1.29 is 26.0 Å². The number of phenols is 1. The van der Waals surface area contributed by atoms with Crippen LogP contribution >= 0.6 is 17.0 Å². The van der Waals surface area contributed by atoms with Gasteiger partial charge in [-0.05, 0) is 31.9 Å². The summed E-state index contributed by atoms with van der Waals surface area (Å²) in [4.78, 5) is 4.43. The molecule has 2 aromatic carbocycles. The zero-order valence-corrected chi connectivity index (χ0v) is 19.3. The second-order valence-corrected chi connectivity index (χ2v) is 10.4. The molecule has 25 heavy (non-hydrogen) atoms. The van der Waals surface area contributed by atoms with Crippen molar-refractivity contribution in [2.24, 2.45) is 4.99 Å². The quantitative estimate of drug-likeness (QED) is 0.543. The van der Waals surface area contributed by atoms with Crippen molar-refractivity contribution in [2.75, 3.05) is 0 Å². The van der Waals surface area contributed by atoms with Gasteiger partial charge in [0.05, 0.1) is 0 Å². The molecule has 5 heteroatoms. The Morgan fingerprint density at radius 2 is 1.64 bits per heavy atom. The summed E-state index contributed by atoms with van der Waals surface area (Å²) >= 11 is -0.826. The monoisotopic (exact) mass is 455 g/mol. The molecule has 134 valence electrons. The molecule has 0 aliphatic heterocycles. The normalized spacial score (nSPS) is 11.4. The number of phenolic OH excluding ortho intramolecular Hbond substituents is 1. The molecule has 0 aliphatic rings. The maximum atomic E-state index is 10.8. The van der Waals surface area contributed by atoms with Crippen LogP contribution in [0.4, 0.5) is 0 Å². The van der Waals surface area contributed by atoms with Crippen LogP contribution in [-0.2, 0) is 26.3 Å². The Morgan fingerprint density at radius 1 is 1.08 bits per heavy atom. The molecular formula is C20H25Cl2NOZr. The Labute approximate surface area is 170 Å². The summed E-state index contributed by atoms with van der Waals surface area (Å²) in [6.07, 6.45) is 1.79. The van der Waals surface area contributed by atoms with Crippen LogP contribution < -0.4 is 0 Å². The van der Waals surface area contributed by atoms with Crippen molar-refractivity contribution in [1.29, 1.82) is 0 Å². The van der Waals surface area contributed by atoms with E-state index in [1.54, 1.807) is 6.21 Å². The molecule has 0 spiro atoms. The predicted molar refractivity (Wildman–Crippen MR) is 106 cm³/mol. The third-order valence-corrected chi connectivity index (χ3v) is 4.11. The second-order valence-electron chi connectivity index (χ2n) is 6.63. The fraction of sp³-hybridized carbons (Fsp3) is 0.350. The predicted octanol–water partition coefficient (Wildman–Crippen LogP) is 6.23. The van der Waals surface area contributed by atoms with Crippen LogP contribution in [0.3, 0.4) is 0 Å². The van der Waals surface area contributed by atoms with E-state index < -0.39 is 20.8 Å². The van der Waals surface area contributed by atoms with Crippen LogP contribution in [0, 0.1) is 6.92 Å². The van der Waals surface area contributed by atoms with Gasteiger partial charge in [-0.1, -0.05) is 56.3 Å². The fourth-order valence-electron chi connectivity index (χ4n) is 2.61. The van der Waals surface area contributed by atoms with E-state index in [1.165, 1.54) is 5.56 Å². The summed E-state index contributed by atoms with van der Waals surface area (Å²) < 4.78 is 0. The number of halogens is 2. The number of hydrogen-bond donors (Lipinski definition) is 1. The van der Waals surface area contributed by atoms with Gasteiger partial charge in [0.15, 0.2) is 0 Å². The van der Waals surface area contributed by atoms with Crippen LogP contribution in [0.15, 0.2) is 47.5 Å². The number of nitrogens with zero attached hydrogens (tertiary/aromatic N) is 1. The molecule has 2 rings (SSSR count). The standard InChI is InChI=1S/C20H25NO.2ClH.Zr/c1-14(2)21-13-17-15(3)11-12-18(19(17)22)20(4,5)16-9-7-6-8-10-16;;;/h6-14,22H,1-5H3;2*1H;/q;;;+2/p-2. The van der Waals surface area contributed by atoms with Gasteiger partial charge in [-0.15, -0.1) is 0 Å². The van der Waals surface area contributed by atoms with Gasteiger partial charge in [0.1, 0.15) is 5.75 Å². The molecule has 0 amide bonds. The molecule has 0 bridgehead atoms. The molecule has 0 fully saturated rings. The van der Waals surface area contributed by atoms with Gasteiger partial charge in [-0.25, -0.2) is 0 Å². The summed E-state index contributed by atoms with van der Waals surface area (Å²) in [5.74, 6) is 0.332. The molecule has 0 saturated carbocycles. The second kappa shape index (κ2) is 10.5. The number of aryl methyl sites for hydroxylation is 1. The molecule has 0 atom stereocenters. The average Bonchev–Trinajstić information content (AvgIpc) is 2.55. The molecule has 1 N–H and O–H groups in total. The molecule has 0 unspecified atom stereocenters. The number of aromatic hydroxyl groups is 1. The SMILES string of the molecule is Cc1ccc(C(C)(C)c2ccccc2)c(O)c1C=NC(C)C.[Cl][Zr][Cl]. The molecule has 0 aromatic heterocycles. The van der Waals surface area contributed by atoms with E-state index in [9.17, 15) is 5.11 Å². The summed E-state index contributed by atoms with van der Waals surface area (Å²) in [7, 11) is 9.87. The number of hydrogen-bond acceptors (Lipinski definition) is 2. The van der Waals surface area contributed by atoms with Crippen molar-refractivity contribution in [3.63, 3.8) is 0 Å². The van der Waals surface area contributed by atoms with Crippen LogP contribution in [0.5, 0.6) is 5.75 Å². The Bertz CT molecular complexity index is 700. The van der Waals surface area contributed by atoms with E-state index in [1.807, 2.05) is 45.0 Å². The van der Waals surface area contributed by atoms with Crippen LogP contribution in [0.25, 0.3) is 0 Å². The number of benzene rings is 2. The first-order chi connectivity index (χ1) is 11.8. The van der Waals surface area contributed by atoms with Crippen LogP contribution in [-0.4, -0.2) is 17.4 Å². The first kappa shape index (κ1) is 22.4. The summed E-state index contributed by atoms with van der Waals surface area (Å²) in [5, 5.41) is 10.8. The van der Waals surface area contributed by atoms with E-state index in [0.717, 1.165) is 16.7 Å². The molecule has 0 heterocycles. The van der Waals surface area contributed by atoms with Gasteiger partial charge in [-0.2, -0.15) is 0 Å².